The van der Waals surface area contributed by atoms with Crippen LogP contribution in [0.3, 0.4) is 0 Å². The summed E-state index contributed by atoms with van der Waals surface area (Å²) < 4.78 is 11.7. The number of ether oxygens (including phenoxy) is 2. The van der Waals surface area contributed by atoms with Crippen molar-refractivity contribution in [1.29, 1.82) is 0 Å². The molecule has 1 N–H and O–H groups in total. The zero-order chi connectivity index (χ0) is 16.8. The van der Waals surface area contributed by atoms with Crippen molar-refractivity contribution in [2.45, 2.75) is 44.4 Å². The van der Waals surface area contributed by atoms with E-state index in [9.17, 15) is 0 Å². The predicted molar refractivity (Wildman–Crippen MR) is 97.8 cm³/mol. The van der Waals surface area contributed by atoms with Gasteiger partial charge in [-0.2, -0.15) is 0 Å². The van der Waals surface area contributed by atoms with Crippen molar-refractivity contribution < 1.29 is 9.47 Å². The zero-order valence-electron chi connectivity index (χ0n) is 14.5. The number of morpholine rings is 1. The lowest BCUT2D eigenvalue weighted by Crippen LogP contribution is -2.57. The summed E-state index contributed by atoms with van der Waals surface area (Å²) in [5.41, 5.74) is 1.33. The molecule has 2 heterocycles. The molecule has 2 fully saturated rings. The first-order valence-corrected chi connectivity index (χ1v) is 9.54. The number of hydrogen-bond donors (Lipinski definition) is 1. The van der Waals surface area contributed by atoms with Crippen LogP contribution in [0.5, 0.6) is 0 Å². The van der Waals surface area contributed by atoms with Crippen molar-refractivity contribution >= 4 is 11.6 Å². The van der Waals surface area contributed by atoms with Gasteiger partial charge in [0.05, 0.1) is 19.3 Å². The molecule has 0 aliphatic carbocycles. The highest BCUT2D eigenvalue weighted by Gasteiger charge is 2.34. The summed E-state index contributed by atoms with van der Waals surface area (Å²) in [4.78, 5) is 2.68. The molecule has 2 aliphatic rings. The fourth-order valence-electron chi connectivity index (χ4n) is 3.78. The summed E-state index contributed by atoms with van der Waals surface area (Å²) in [6, 6.07) is 9.31. The van der Waals surface area contributed by atoms with Gasteiger partial charge < -0.3 is 14.8 Å². The smallest absolute Gasteiger partial charge is 0.0935 e. The van der Waals surface area contributed by atoms with Gasteiger partial charge in [0.1, 0.15) is 0 Å². The molecule has 2 atom stereocenters. The summed E-state index contributed by atoms with van der Waals surface area (Å²) in [5.74, 6) is 0. The molecule has 0 bridgehead atoms. The molecule has 2 aliphatic heterocycles. The average Bonchev–Trinajstić information content (AvgIpc) is 2.63. The van der Waals surface area contributed by atoms with Gasteiger partial charge >= 0.3 is 0 Å². The van der Waals surface area contributed by atoms with Gasteiger partial charge in [0.2, 0.25) is 0 Å². The van der Waals surface area contributed by atoms with Crippen molar-refractivity contribution in [2.24, 2.45) is 0 Å². The lowest BCUT2D eigenvalue weighted by atomic mass is 9.97. The number of hydrogen-bond acceptors (Lipinski definition) is 4. The van der Waals surface area contributed by atoms with Crippen LogP contribution in [0.4, 0.5) is 0 Å². The highest BCUT2D eigenvalue weighted by atomic mass is 35.5. The van der Waals surface area contributed by atoms with E-state index in [2.05, 4.69) is 22.3 Å². The maximum atomic E-state index is 6.10. The van der Waals surface area contributed by atoms with E-state index in [1.165, 1.54) is 18.4 Å². The van der Waals surface area contributed by atoms with E-state index in [1.54, 1.807) is 0 Å². The number of benzene rings is 1. The second-order valence-electron chi connectivity index (χ2n) is 6.78. The SMILES string of the molecule is CCOCC1CN(C2CCNCC2)C(Cc2ccc(Cl)cc2)CO1. The van der Waals surface area contributed by atoms with Crippen LogP contribution >= 0.6 is 11.6 Å². The zero-order valence-corrected chi connectivity index (χ0v) is 15.3. The fraction of sp³-hybridized carbons (Fsp3) is 0.684. The minimum atomic E-state index is 0.196. The van der Waals surface area contributed by atoms with Crippen molar-refractivity contribution in [1.82, 2.24) is 10.2 Å². The van der Waals surface area contributed by atoms with Crippen LogP contribution in [0.2, 0.25) is 5.02 Å². The summed E-state index contributed by atoms with van der Waals surface area (Å²) in [7, 11) is 0. The Morgan fingerprint density at radius 1 is 1.25 bits per heavy atom. The molecule has 134 valence electrons. The number of rotatable bonds is 6. The maximum Gasteiger partial charge on any atom is 0.0935 e. The Bertz CT molecular complexity index is 491. The van der Waals surface area contributed by atoms with Crippen LogP contribution in [0.15, 0.2) is 24.3 Å². The van der Waals surface area contributed by atoms with Crippen molar-refractivity contribution in [2.75, 3.05) is 39.5 Å². The van der Waals surface area contributed by atoms with Crippen LogP contribution in [0.1, 0.15) is 25.3 Å². The number of halogens is 1. The van der Waals surface area contributed by atoms with E-state index >= 15 is 0 Å². The lowest BCUT2D eigenvalue weighted by Gasteiger charge is -2.45. The third kappa shape index (κ3) is 4.93. The first kappa shape index (κ1) is 18.2. The van der Waals surface area contributed by atoms with Crippen LogP contribution < -0.4 is 5.32 Å². The molecule has 24 heavy (non-hydrogen) atoms. The molecule has 0 radical (unpaired) electrons. The van der Waals surface area contributed by atoms with Crippen LogP contribution in [0, 0.1) is 0 Å². The monoisotopic (exact) mass is 352 g/mol. The molecule has 4 nitrogen and oxygen atoms in total. The van der Waals surface area contributed by atoms with E-state index in [1.807, 2.05) is 19.1 Å². The van der Waals surface area contributed by atoms with Gasteiger partial charge in [-0.3, -0.25) is 4.90 Å². The number of piperidine rings is 1. The van der Waals surface area contributed by atoms with E-state index in [4.69, 9.17) is 21.1 Å². The molecule has 1 aromatic carbocycles. The Morgan fingerprint density at radius 3 is 2.71 bits per heavy atom. The van der Waals surface area contributed by atoms with Crippen molar-refractivity contribution in [3.8, 4) is 0 Å². The standard InChI is InChI=1S/C19H29ClN2O2/c1-2-23-14-19-12-22(17-7-9-21-10-8-17)18(13-24-19)11-15-3-5-16(20)6-4-15/h3-6,17-19,21H,2,7-14H2,1H3. The second kappa shape index (κ2) is 9.16. The van der Waals surface area contributed by atoms with Gasteiger partial charge in [0.15, 0.2) is 0 Å². The highest BCUT2D eigenvalue weighted by Crippen LogP contribution is 2.24. The molecule has 2 unspecified atom stereocenters. The first-order chi connectivity index (χ1) is 11.8. The molecular formula is C19H29ClN2O2. The van der Waals surface area contributed by atoms with E-state index in [0.717, 1.165) is 44.3 Å². The summed E-state index contributed by atoms with van der Waals surface area (Å²) in [6.07, 6.45) is 3.65. The molecular weight excluding hydrogens is 324 g/mol. The Kier molecular flexibility index (Phi) is 6.93. The van der Waals surface area contributed by atoms with E-state index < -0.39 is 0 Å². The summed E-state index contributed by atoms with van der Waals surface area (Å²) >= 11 is 6.02. The topological polar surface area (TPSA) is 33.7 Å². The summed E-state index contributed by atoms with van der Waals surface area (Å²) in [5, 5.41) is 4.27. The molecule has 5 heteroatoms. The number of nitrogens with zero attached hydrogens (tertiary/aromatic N) is 1. The minimum Gasteiger partial charge on any atom is -0.379 e. The molecule has 0 spiro atoms. The van der Waals surface area contributed by atoms with Gasteiger partial charge in [-0.1, -0.05) is 23.7 Å². The quantitative estimate of drug-likeness (QED) is 0.853. The van der Waals surface area contributed by atoms with Crippen LogP contribution in [0.25, 0.3) is 0 Å². The predicted octanol–water partition coefficient (Wildman–Crippen LogP) is 2.74. The maximum absolute atomic E-state index is 6.10. The van der Waals surface area contributed by atoms with E-state index in [-0.39, 0.29) is 6.10 Å². The van der Waals surface area contributed by atoms with Gasteiger partial charge in [0, 0.05) is 30.3 Å². The van der Waals surface area contributed by atoms with Gasteiger partial charge in [-0.25, -0.2) is 0 Å². The molecule has 0 saturated carbocycles. The van der Waals surface area contributed by atoms with Crippen molar-refractivity contribution in [3.05, 3.63) is 34.9 Å². The first-order valence-electron chi connectivity index (χ1n) is 9.16. The molecule has 0 amide bonds. The second-order valence-corrected chi connectivity index (χ2v) is 7.21. The third-order valence-electron chi connectivity index (χ3n) is 5.08. The Hall–Kier alpha value is -0.650. The summed E-state index contributed by atoms with van der Waals surface area (Å²) in [6.45, 7) is 7.48. The molecule has 0 aromatic heterocycles. The Balaban J connectivity index is 1.66. The van der Waals surface area contributed by atoms with Crippen LogP contribution in [-0.2, 0) is 15.9 Å². The Morgan fingerprint density at radius 2 is 2.00 bits per heavy atom. The van der Waals surface area contributed by atoms with E-state index in [0.29, 0.717) is 18.7 Å². The van der Waals surface area contributed by atoms with Gasteiger partial charge in [0.25, 0.3) is 0 Å². The minimum absolute atomic E-state index is 0.196. The fourth-order valence-corrected chi connectivity index (χ4v) is 3.91. The normalized spacial score (nSPS) is 26.6. The molecule has 1 aromatic rings. The highest BCUT2D eigenvalue weighted by molar-refractivity contribution is 6.30. The Labute approximate surface area is 150 Å². The third-order valence-corrected chi connectivity index (χ3v) is 5.33. The molecule has 2 saturated heterocycles. The average molecular weight is 353 g/mol. The molecule has 3 rings (SSSR count). The van der Waals surface area contributed by atoms with Crippen LogP contribution in [-0.4, -0.2) is 62.5 Å². The van der Waals surface area contributed by atoms with Gasteiger partial charge in [-0.05, 0) is 57.0 Å². The van der Waals surface area contributed by atoms with Gasteiger partial charge in [-0.15, -0.1) is 0 Å². The number of nitrogens with one attached hydrogen (secondary N) is 1. The van der Waals surface area contributed by atoms with Crippen molar-refractivity contribution in [3.63, 3.8) is 0 Å². The largest absolute Gasteiger partial charge is 0.379 e. The lowest BCUT2D eigenvalue weighted by molar-refractivity contribution is -0.107.